The van der Waals surface area contributed by atoms with Crippen LogP contribution >= 0.6 is 24.2 Å². The molecule has 0 aliphatic carbocycles. The van der Waals surface area contributed by atoms with Gasteiger partial charge in [0.15, 0.2) is 0 Å². The lowest BCUT2D eigenvalue weighted by molar-refractivity contribution is 0.0881. The molecule has 120 valence electrons. The highest BCUT2D eigenvalue weighted by atomic mass is 35.5. The molecule has 1 heterocycles. The number of halogens is 1. The van der Waals surface area contributed by atoms with E-state index in [1.54, 1.807) is 0 Å². The van der Waals surface area contributed by atoms with E-state index in [1.165, 1.54) is 17.7 Å². The smallest absolute Gasteiger partial charge is 0.0586 e. The summed E-state index contributed by atoms with van der Waals surface area (Å²) < 4.78 is 0. The number of rotatable bonds is 7. The molecule has 0 radical (unpaired) electrons. The highest BCUT2D eigenvalue weighted by Gasteiger charge is 2.21. The van der Waals surface area contributed by atoms with Gasteiger partial charge in [-0.2, -0.15) is 0 Å². The van der Waals surface area contributed by atoms with E-state index in [0.29, 0.717) is 6.04 Å². The van der Waals surface area contributed by atoms with Gasteiger partial charge in [-0.25, -0.2) is 0 Å². The lowest BCUT2D eigenvalue weighted by Gasteiger charge is -2.35. The van der Waals surface area contributed by atoms with Crippen LogP contribution < -0.4 is 5.73 Å². The largest absolute Gasteiger partial charge is 0.395 e. The first-order valence-electron chi connectivity index (χ1n) is 7.58. The van der Waals surface area contributed by atoms with Crippen molar-refractivity contribution in [2.24, 2.45) is 5.73 Å². The number of thioether (sulfide) groups is 1. The fraction of sp³-hybridized carbons (Fsp3) is 0.625. The Kier molecular flexibility index (Phi) is 9.36. The van der Waals surface area contributed by atoms with Crippen LogP contribution in [0.15, 0.2) is 35.2 Å². The van der Waals surface area contributed by atoms with Gasteiger partial charge in [0.25, 0.3) is 0 Å². The van der Waals surface area contributed by atoms with Crippen LogP contribution in [0.25, 0.3) is 0 Å². The Hall–Kier alpha value is -0.260. The fourth-order valence-corrected chi connectivity index (χ4v) is 3.62. The fourth-order valence-electron chi connectivity index (χ4n) is 2.70. The van der Waals surface area contributed by atoms with Gasteiger partial charge in [-0.05, 0) is 37.9 Å². The van der Waals surface area contributed by atoms with Crippen LogP contribution in [0.1, 0.15) is 25.7 Å². The van der Waals surface area contributed by atoms with Crippen molar-refractivity contribution >= 4 is 24.2 Å². The van der Waals surface area contributed by atoms with Gasteiger partial charge in [-0.3, -0.25) is 4.90 Å². The number of nitrogens with two attached hydrogens (primary N) is 1. The third-order valence-corrected chi connectivity index (χ3v) is 5.15. The van der Waals surface area contributed by atoms with Crippen molar-refractivity contribution in [3.8, 4) is 0 Å². The quantitative estimate of drug-likeness (QED) is 0.755. The summed E-state index contributed by atoms with van der Waals surface area (Å²) in [6.45, 7) is 2.42. The first-order valence-corrected chi connectivity index (χ1v) is 8.56. The van der Waals surface area contributed by atoms with Crippen LogP contribution in [0.2, 0.25) is 0 Å². The summed E-state index contributed by atoms with van der Waals surface area (Å²) in [6.07, 6.45) is 4.64. The van der Waals surface area contributed by atoms with Gasteiger partial charge in [0.1, 0.15) is 0 Å². The zero-order valence-corrected chi connectivity index (χ0v) is 14.1. The minimum absolute atomic E-state index is 0. The Bertz CT molecular complexity index is 380. The van der Waals surface area contributed by atoms with Crippen molar-refractivity contribution in [1.29, 1.82) is 0 Å². The molecule has 2 rings (SSSR count). The number of hydrogen-bond donors (Lipinski definition) is 2. The van der Waals surface area contributed by atoms with Crippen molar-refractivity contribution in [2.75, 3.05) is 25.4 Å². The second-order valence-corrected chi connectivity index (χ2v) is 6.63. The number of aliphatic hydroxyl groups excluding tert-OH is 1. The summed E-state index contributed by atoms with van der Waals surface area (Å²) in [6, 6.07) is 11.0. The number of likely N-dealkylation sites (tertiary alicyclic amines) is 1. The molecule has 1 saturated heterocycles. The maximum atomic E-state index is 9.40. The van der Waals surface area contributed by atoms with E-state index in [2.05, 4.69) is 29.2 Å². The summed E-state index contributed by atoms with van der Waals surface area (Å²) in [5, 5.41) is 9.40. The van der Waals surface area contributed by atoms with E-state index in [-0.39, 0.29) is 25.1 Å². The van der Waals surface area contributed by atoms with Crippen molar-refractivity contribution in [3.05, 3.63) is 30.3 Å². The molecule has 1 aromatic rings. The molecule has 3 nitrogen and oxygen atoms in total. The first-order chi connectivity index (χ1) is 9.79. The van der Waals surface area contributed by atoms with Gasteiger partial charge in [-0.1, -0.05) is 24.6 Å². The number of hydrogen-bond acceptors (Lipinski definition) is 4. The molecular weight excluding hydrogens is 304 g/mol. The molecule has 1 aromatic carbocycles. The van der Waals surface area contributed by atoms with Crippen LogP contribution in [0.4, 0.5) is 0 Å². The monoisotopic (exact) mass is 330 g/mol. The predicted octanol–water partition coefficient (Wildman–Crippen LogP) is 2.76. The Balaban J connectivity index is 0.00000220. The molecule has 0 amide bonds. The summed E-state index contributed by atoms with van der Waals surface area (Å²) >= 11 is 1.83. The van der Waals surface area contributed by atoms with E-state index >= 15 is 0 Å². The van der Waals surface area contributed by atoms with Gasteiger partial charge in [0.05, 0.1) is 6.61 Å². The maximum Gasteiger partial charge on any atom is 0.0586 e. The Morgan fingerprint density at radius 2 is 2.05 bits per heavy atom. The van der Waals surface area contributed by atoms with Crippen LogP contribution in [0.3, 0.4) is 0 Å². The second-order valence-electron chi connectivity index (χ2n) is 5.54. The summed E-state index contributed by atoms with van der Waals surface area (Å²) in [5.41, 5.74) is 6.22. The van der Waals surface area contributed by atoms with Crippen LogP contribution in [0.5, 0.6) is 0 Å². The summed E-state index contributed by atoms with van der Waals surface area (Å²) in [4.78, 5) is 3.70. The first kappa shape index (κ1) is 18.8. The molecule has 0 spiro atoms. The summed E-state index contributed by atoms with van der Waals surface area (Å²) in [7, 11) is 0. The van der Waals surface area contributed by atoms with Crippen LogP contribution in [-0.2, 0) is 0 Å². The molecule has 3 N–H and O–H groups in total. The number of nitrogens with zero attached hydrogens (tertiary/aromatic N) is 1. The van der Waals surface area contributed by atoms with E-state index in [4.69, 9.17) is 5.73 Å². The van der Waals surface area contributed by atoms with E-state index in [0.717, 1.165) is 31.7 Å². The summed E-state index contributed by atoms with van der Waals surface area (Å²) in [5.74, 6) is 0.960. The SMILES string of the molecule is Cl.N[C@H](CCN1CCCCC1CO)CSc1ccccc1. The molecule has 0 saturated carbocycles. The molecular formula is C16H27ClN2OS. The van der Waals surface area contributed by atoms with Gasteiger partial charge in [-0.15, -0.1) is 24.2 Å². The van der Waals surface area contributed by atoms with Gasteiger partial charge in [0.2, 0.25) is 0 Å². The molecule has 0 bridgehead atoms. The minimum atomic E-state index is 0. The molecule has 2 atom stereocenters. The Morgan fingerprint density at radius 1 is 1.29 bits per heavy atom. The Morgan fingerprint density at radius 3 is 2.76 bits per heavy atom. The minimum Gasteiger partial charge on any atom is -0.395 e. The lowest BCUT2D eigenvalue weighted by Crippen LogP contribution is -2.43. The molecule has 21 heavy (non-hydrogen) atoms. The second kappa shape index (κ2) is 10.5. The van der Waals surface area contributed by atoms with Crippen LogP contribution in [-0.4, -0.2) is 47.5 Å². The zero-order valence-electron chi connectivity index (χ0n) is 12.5. The number of benzene rings is 1. The third-order valence-electron chi connectivity index (χ3n) is 3.95. The molecule has 1 aliphatic heterocycles. The standard InChI is InChI=1S/C16H26N2OS.ClH/c17-14(13-20-16-7-2-1-3-8-16)9-11-18-10-5-4-6-15(18)12-19;/h1-3,7-8,14-15,19H,4-6,9-13,17H2;1H/t14-,15?;/m1./s1. The highest BCUT2D eigenvalue weighted by molar-refractivity contribution is 7.99. The van der Waals surface area contributed by atoms with Crippen molar-refractivity contribution < 1.29 is 5.11 Å². The normalized spacial score (nSPS) is 20.8. The number of piperidine rings is 1. The van der Waals surface area contributed by atoms with Crippen LogP contribution in [0, 0.1) is 0 Å². The van der Waals surface area contributed by atoms with E-state index < -0.39 is 0 Å². The van der Waals surface area contributed by atoms with Crippen molar-refractivity contribution in [2.45, 2.75) is 42.7 Å². The average Bonchev–Trinajstić information content (AvgIpc) is 2.52. The van der Waals surface area contributed by atoms with E-state index in [9.17, 15) is 5.11 Å². The van der Waals surface area contributed by atoms with Gasteiger partial charge in [0, 0.05) is 29.3 Å². The van der Waals surface area contributed by atoms with Gasteiger partial charge >= 0.3 is 0 Å². The predicted molar refractivity (Wildman–Crippen MR) is 93.3 cm³/mol. The maximum absolute atomic E-state index is 9.40. The number of aliphatic hydroxyl groups is 1. The molecule has 1 unspecified atom stereocenters. The average molecular weight is 331 g/mol. The van der Waals surface area contributed by atoms with Crippen molar-refractivity contribution in [3.63, 3.8) is 0 Å². The van der Waals surface area contributed by atoms with E-state index in [1.807, 2.05) is 17.8 Å². The van der Waals surface area contributed by atoms with Crippen molar-refractivity contribution in [1.82, 2.24) is 4.90 Å². The lowest BCUT2D eigenvalue weighted by atomic mass is 10.0. The topological polar surface area (TPSA) is 49.5 Å². The van der Waals surface area contributed by atoms with Gasteiger partial charge < -0.3 is 10.8 Å². The molecule has 1 fully saturated rings. The molecule has 1 aliphatic rings. The third kappa shape index (κ3) is 6.57. The highest BCUT2D eigenvalue weighted by Crippen LogP contribution is 2.20. The Labute approximate surface area is 138 Å². The zero-order chi connectivity index (χ0) is 14.2. The molecule has 0 aromatic heterocycles. The molecule has 5 heteroatoms.